The lowest BCUT2D eigenvalue weighted by atomic mass is 10.0. The number of nitrogens with one attached hydrogen (secondary N) is 1. The Kier molecular flexibility index (Phi) is 6.51. The van der Waals surface area contributed by atoms with Gasteiger partial charge >= 0.3 is 0 Å². The van der Waals surface area contributed by atoms with Gasteiger partial charge < -0.3 is 29.2 Å². The van der Waals surface area contributed by atoms with Crippen LogP contribution in [0.25, 0.3) is 5.69 Å². The number of thiocarbonyl (C=S) groups is 1. The van der Waals surface area contributed by atoms with Gasteiger partial charge in [0, 0.05) is 48.2 Å². The molecule has 2 aromatic carbocycles. The summed E-state index contributed by atoms with van der Waals surface area (Å²) in [5.74, 6) is 0.828. The zero-order chi connectivity index (χ0) is 25.2. The minimum absolute atomic E-state index is 0.103. The van der Waals surface area contributed by atoms with Crippen LogP contribution in [0.4, 0.5) is 11.4 Å². The molecule has 4 heterocycles. The number of methoxy groups -OCH3 is 1. The van der Waals surface area contributed by atoms with Gasteiger partial charge in [-0.25, -0.2) is 0 Å². The molecule has 7 nitrogen and oxygen atoms in total. The second kappa shape index (κ2) is 10.2. The van der Waals surface area contributed by atoms with Gasteiger partial charge in [0.1, 0.15) is 11.8 Å². The van der Waals surface area contributed by atoms with Gasteiger partial charge in [-0.1, -0.05) is 6.07 Å². The highest BCUT2D eigenvalue weighted by Crippen LogP contribution is 2.42. The fourth-order valence-corrected chi connectivity index (χ4v) is 5.54. The number of hydrogen-bond donors (Lipinski definition) is 1. The number of aromatic nitrogens is 2. The van der Waals surface area contributed by atoms with Gasteiger partial charge in [-0.3, -0.25) is 4.98 Å². The van der Waals surface area contributed by atoms with Crippen molar-refractivity contribution in [2.45, 2.75) is 12.1 Å². The van der Waals surface area contributed by atoms with Gasteiger partial charge in [0.05, 0.1) is 32.1 Å². The van der Waals surface area contributed by atoms with Crippen LogP contribution in [0, 0.1) is 0 Å². The molecule has 188 valence electrons. The highest BCUT2D eigenvalue weighted by molar-refractivity contribution is 7.80. The molecule has 4 aromatic rings. The fourth-order valence-electron chi connectivity index (χ4n) is 5.19. The lowest BCUT2D eigenvalue weighted by Gasteiger charge is -2.31. The maximum absolute atomic E-state index is 5.94. The largest absolute Gasteiger partial charge is 0.497 e. The molecule has 8 heteroatoms. The Morgan fingerprint density at radius 3 is 2.32 bits per heavy atom. The van der Waals surface area contributed by atoms with Gasteiger partial charge in [0.2, 0.25) is 0 Å². The molecule has 6 rings (SSSR count). The molecule has 0 aliphatic carbocycles. The SMILES string of the molecule is COc1ccc(-n2cccc2[C@@H]2[C@H](c3ccccn3)NC(=S)N2c2ccc(N3CCOCC3)cc2)cc1. The highest BCUT2D eigenvalue weighted by atomic mass is 32.1. The Morgan fingerprint density at radius 1 is 0.892 bits per heavy atom. The van der Waals surface area contributed by atoms with Crippen LogP contribution in [0.15, 0.2) is 91.3 Å². The van der Waals surface area contributed by atoms with E-state index in [-0.39, 0.29) is 12.1 Å². The molecule has 2 atom stereocenters. The summed E-state index contributed by atoms with van der Waals surface area (Å²) < 4.78 is 13.1. The average Bonchev–Trinajstić information content (AvgIpc) is 3.58. The van der Waals surface area contributed by atoms with Gasteiger partial charge in [0.25, 0.3) is 0 Å². The van der Waals surface area contributed by atoms with E-state index in [1.54, 1.807) is 7.11 Å². The molecular formula is C29H29N5O2S. The molecule has 2 aliphatic rings. The van der Waals surface area contributed by atoms with Gasteiger partial charge in [-0.05, 0) is 85.0 Å². The van der Waals surface area contributed by atoms with Crippen molar-refractivity contribution in [3.63, 3.8) is 0 Å². The van der Waals surface area contributed by atoms with Crippen molar-refractivity contribution in [1.82, 2.24) is 14.9 Å². The molecule has 0 unspecified atom stereocenters. The number of hydrogen-bond acceptors (Lipinski definition) is 5. The molecule has 0 spiro atoms. The molecule has 2 saturated heterocycles. The number of rotatable bonds is 6. The first-order valence-electron chi connectivity index (χ1n) is 12.5. The Labute approximate surface area is 222 Å². The van der Waals surface area contributed by atoms with Crippen LogP contribution in [-0.2, 0) is 4.74 Å². The molecule has 0 amide bonds. The zero-order valence-electron chi connectivity index (χ0n) is 20.7. The summed E-state index contributed by atoms with van der Waals surface area (Å²) in [7, 11) is 1.68. The van der Waals surface area contributed by atoms with Crippen molar-refractivity contribution in [1.29, 1.82) is 0 Å². The lowest BCUT2D eigenvalue weighted by Crippen LogP contribution is -2.36. The smallest absolute Gasteiger partial charge is 0.174 e. The fraction of sp³-hybridized carbons (Fsp3) is 0.241. The molecule has 2 fully saturated rings. The quantitative estimate of drug-likeness (QED) is 0.370. The van der Waals surface area contributed by atoms with E-state index < -0.39 is 0 Å². The first-order chi connectivity index (χ1) is 18.2. The zero-order valence-corrected chi connectivity index (χ0v) is 21.5. The summed E-state index contributed by atoms with van der Waals surface area (Å²) in [6.45, 7) is 3.34. The van der Waals surface area contributed by atoms with E-state index in [9.17, 15) is 0 Å². The van der Waals surface area contributed by atoms with Crippen molar-refractivity contribution in [2.75, 3.05) is 43.2 Å². The third kappa shape index (κ3) is 4.54. The summed E-state index contributed by atoms with van der Waals surface area (Å²) >= 11 is 5.94. The van der Waals surface area contributed by atoms with Crippen LogP contribution >= 0.6 is 12.2 Å². The van der Waals surface area contributed by atoms with E-state index >= 15 is 0 Å². The maximum Gasteiger partial charge on any atom is 0.174 e. The van der Waals surface area contributed by atoms with Crippen LogP contribution < -0.4 is 19.9 Å². The Bertz CT molecular complexity index is 1350. The summed E-state index contributed by atoms with van der Waals surface area (Å²) in [4.78, 5) is 9.26. The van der Waals surface area contributed by atoms with Crippen LogP contribution in [0.5, 0.6) is 5.75 Å². The minimum Gasteiger partial charge on any atom is -0.497 e. The first-order valence-corrected chi connectivity index (χ1v) is 12.9. The van der Waals surface area contributed by atoms with Gasteiger partial charge in [-0.15, -0.1) is 0 Å². The van der Waals surface area contributed by atoms with Gasteiger partial charge in [0.15, 0.2) is 5.11 Å². The van der Waals surface area contributed by atoms with Crippen molar-refractivity contribution in [2.24, 2.45) is 0 Å². The number of ether oxygens (including phenoxy) is 2. The van der Waals surface area contributed by atoms with E-state index in [0.717, 1.165) is 54.8 Å². The summed E-state index contributed by atoms with van der Waals surface area (Å²) in [5.41, 5.74) is 5.36. The summed E-state index contributed by atoms with van der Waals surface area (Å²) in [5, 5.41) is 4.25. The molecule has 0 radical (unpaired) electrons. The summed E-state index contributed by atoms with van der Waals surface area (Å²) in [6, 6.07) is 26.8. The monoisotopic (exact) mass is 511 g/mol. The first kappa shape index (κ1) is 23.5. The van der Waals surface area contributed by atoms with Crippen LogP contribution in [0.2, 0.25) is 0 Å². The maximum atomic E-state index is 5.94. The standard InChI is InChI=1S/C29H29N5O2S/c1-35-24-13-11-22(12-14-24)33-16-4-6-26(33)28-27(25-5-2-3-15-30-25)31-29(37)34(28)23-9-7-21(8-10-23)32-17-19-36-20-18-32/h2-16,27-28H,17-20H2,1H3,(H,31,37)/t27-,28+/m0/s1. The third-order valence-corrected chi connectivity index (χ3v) is 7.35. The van der Waals surface area contributed by atoms with E-state index in [1.807, 2.05) is 30.5 Å². The highest BCUT2D eigenvalue weighted by Gasteiger charge is 2.42. The third-order valence-electron chi connectivity index (χ3n) is 7.04. The molecule has 1 N–H and O–H groups in total. The second-order valence-corrected chi connectivity index (χ2v) is 9.50. The van der Waals surface area contributed by atoms with Crippen molar-refractivity contribution < 1.29 is 9.47 Å². The summed E-state index contributed by atoms with van der Waals surface area (Å²) in [6.07, 6.45) is 3.92. The van der Waals surface area contributed by atoms with Crippen LogP contribution in [0.1, 0.15) is 23.5 Å². The number of benzene rings is 2. The molecule has 37 heavy (non-hydrogen) atoms. The number of pyridine rings is 1. The second-order valence-electron chi connectivity index (χ2n) is 9.11. The minimum atomic E-state index is -0.112. The average molecular weight is 512 g/mol. The molecular weight excluding hydrogens is 482 g/mol. The molecule has 2 aliphatic heterocycles. The lowest BCUT2D eigenvalue weighted by molar-refractivity contribution is 0.122. The number of nitrogens with zero attached hydrogens (tertiary/aromatic N) is 4. The van der Waals surface area contributed by atoms with Crippen LogP contribution in [0.3, 0.4) is 0 Å². The predicted octanol–water partition coefficient (Wildman–Crippen LogP) is 4.89. The normalized spacial score (nSPS) is 19.6. The molecule has 2 aromatic heterocycles. The number of anilines is 2. The number of morpholine rings is 1. The van der Waals surface area contributed by atoms with Crippen molar-refractivity contribution >= 4 is 28.7 Å². The predicted molar refractivity (Wildman–Crippen MR) is 150 cm³/mol. The Morgan fingerprint density at radius 2 is 1.62 bits per heavy atom. The van der Waals surface area contributed by atoms with Crippen molar-refractivity contribution in [3.05, 3.63) is 103 Å². The van der Waals surface area contributed by atoms with Crippen LogP contribution in [-0.4, -0.2) is 48.1 Å². The van der Waals surface area contributed by atoms with E-state index in [1.165, 1.54) is 5.69 Å². The van der Waals surface area contributed by atoms with E-state index in [2.05, 4.69) is 80.5 Å². The van der Waals surface area contributed by atoms with Gasteiger partial charge in [-0.2, -0.15) is 0 Å². The Hall–Kier alpha value is -3.88. The Balaban J connectivity index is 1.40. The van der Waals surface area contributed by atoms with E-state index in [4.69, 9.17) is 26.7 Å². The molecule has 0 saturated carbocycles. The van der Waals surface area contributed by atoms with E-state index in [0.29, 0.717) is 5.11 Å². The topological polar surface area (TPSA) is 54.8 Å². The molecule has 0 bridgehead atoms. The van der Waals surface area contributed by atoms with Crippen molar-refractivity contribution in [3.8, 4) is 11.4 Å².